The minimum Gasteiger partial charge on any atom is -0.511 e. The van der Waals surface area contributed by atoms with Crippen LogP contribution in [0.2, 0.25) is 0 Å². The van der Waals surface area contributed by atoms with Gasteiger partial charge < -0.3 is 9.63 Å². The van der Waals surface area contributed by atoms with E-state index < -0.39 is 0 Å². The van der Waals surface area contributed by atoms with Crippen molar-refractivity contribution in [2.75, 3.05) is 6.54 Å². The van der Waals surface area contributed by atoms with Crippen LogP contribution in [0.5, 0.6) is 0 Å². The first-order valence-electron chi connectivity index (χ1n) is 11.6. The van der Waals surface area contributed by atoms with Crippen LogP contribution in [0.3, 0.4) is 0 Å². The largest absolute Gasteiger partial charge is 0.511 e. The molecule has 2 aliphatic rings. The van der Waals surface area contributed by atoms with Crippen LogP contribution in [0.4, 0.5) is 0 Å². The van der Waals surface area contributed by atoms with E-state index in [4.69, 9.17) is 9.52 Å². The minimum atomic E-state index is -0.0730. The van der Waals surface area contributed by atoms with Gasteiger partial charge in [0.25, 0.3) is 0 Å². The smallest absolute Gasteiger partial charge is 0.168 e. The van der Waals surface area contributed by atoms with Crippen LogP contribution in [0, 0.1) is 0 Å². The molecule has 2 aliphatic carbocycles. The minimum absolute atomic E-state index is 0.0387. The number of benzene rings is 1. The molecule has 4 rings (SSSR count). The van der Waals surface area contributed by atoms with Gasteiger partial charge in [0, 0.05) is 44.4 Å². The fourth-order valence-corrected chi connectivity index (χ4v) is 4.61. The van der Waals surface area contributed by atoms with Gasteiger partial charge in [-0.1, -0.05) is 48.8 Å². The Balaban J connectivity index is 1.56. The molecule has 1 saturated carbocycles. The Hall–Kier alpha value is -3.02. The molecular weight excluding hydrogens is 404 g/mol. The van der Waals surface area contributed by atoms with Crippen LogP contribution < -0.4 is 0 Å². The number of unbranched alkanes of at least 4 members (excludes halogenated alkanes) is 1. The monoisotopic (exact) mass is 434 g/mol. The van der Waals surface area contributed by atoms with E-state index in [0.29, 0.717) is 60.5 Å². The van der Waals surface area contributed by atoms with E-state index >= 15 is 0 Å². The zero-order valence-electron chi connectivity index (χ0n) is 18.6. The number of Topliss-reactive ketones (excluding diaryl/α,β-unsaturated/α-hetero) is 2. The van der Waals surface area contributed by atoms with Gasteiger partial charge in [-0.2, -0.15) is 0 Å². The molecular formula is C26H30N2O4. The summed E-state index contributed by atoms with van der Waals surface area (Å²) in [5.41, 5.74) is 3.32. The molecule has 1 heterocycles. The van der Waals surface area contributed by atoms with Gasteiger partial charge >= 0.3 is 0 Å². The second kappa shape index (κ2) is 10.1. The van der Waals surface area contributed by atoms with Gasteiger partial charge in [-0.05, 0) is 30.7 Å². The van der Waals surface area contributed by atoms with Crippen molar-refractivity contribution in [1.82, 2.24) is 5.16 Å². The van der Waals surface area contributed by atoms with Crippen molar-refractivity contribution < 1.29 is 19.2 Å². The third kappa shape index (κ3) is 4.74. The molecule has 0 saturated heterocycles. The summed E-state index contributed by atoms with van der Waals surface area (Å²) in [7, 11) is 0. The van der Waals surface area contributed by atoms with Crippen LogP contribution in [-0.2, 0) is 17.6 Å². The number of fused-ring (bicyclic) bond motifs is 1. The van der Waals surface area contributed by atoms with E-state index in [-0.39, 0.29) is 29.7 Å². The number of ketones is 2. The lowest BCUT2D eigenvalue weighted by molar-refractivity contribution is -0.116. The number of carbonyl (C=O) groups is 2. The third-order valence-electron chi connectivity index (χ3n) is 6.33. The molecule has 1 aromatic carbocycles. The maximum atomic E-state index is 13.1. The molecule has 1 N–H and O–H groups in total. The molecule has 1 atom stereocenters. The van der Waals surface area contributed by atoms with E-state index in [1.807, 2.05) is 30.3 Å². The van der Waals surface area contributed by atoms with Crippen molar-refractivity contribution >= 4 is 17.3 Å². The molecule has 0 bridgehead atoms. The molecule has 6 heteroatoms. The number of allylic oxidation sites excluding steroid dienone is 2. The Morgan fingerprint density at radius 3 is 2.75 bits per heavy atom. The van der Waals surface area contributed by atoms with E-state index in [1.54, 1.807) is 0 Å². The Morgan fingerprint density at radius 1 is 1.16 bits per heavy atom. The third-order valence-corrected chi connectivity index (χ3v) is 6.33. The van der Waals surface area contributed by atoms with Crippen molar-refractivity contribution in [3.63, 3.8) is 0 Å². The normalized spacial score (nSPS) is 21.7. The Morgan fingerprint density at radius 2 is 1.97 bits per heavy atom. The predicted octanol–water partition coefficient (Wildman–Crippen LogP) is 5.33. The summed E-state index contributed by atoms with van der Waals surface area (Å²) in [6, 6.07) is 10.0. The van der Waals surface area contributed by atoms with Crippen LogP contribution >= 0.6 is 0 Å². The van der Waals surface area contributed by atoms with E-state index in [9.17, 15) is 14.7 Å². The van der Waals surface area contributed by atoms with Gasteiger partial charge in [-0.3, -0.25) is 14.6 Å². The fourth-order valence-electron chi connectivity index (χ4n) is 4.61. The standard InChI is InChI=1S/C26H30N2O4/c1-2-3-14-27-20-15-18(17-8-5-4-6-9-17)16-23(31)25(20)22(30)13-12-19-26-21(29)10-7-11-24(26)32-28-19/h4-6,8-9,18,30H,2-3,7,10-16H2,1H3/b25-22+,27-20?. The number of aromatic nitrogens is 1. The van der Waals surface area contributed by atoms with Crippen molar-refractivity contribution in [3.8, 4) is 0 Å². The number of aliphatic hydroxyl groups is 1. The molecule has 32 heavy (non-hydrogen) atoms. The van der Waals surface area contributed by atoms with Crippen LogP contribution in [-0.4, -0.2) is 34.1 Å². The van der Waals surface area contributed by atoms with Gasteiger partial charge in [0.05, 0.1) is 16.8 Å². The van der Waals surface area contributed by atoms with Crippen LogP contribution in [0.15, 0.2) is 51.2 Å². The first-order chi connectivity index (χ1) is 15.6. The highest BCUT2D eigenvalue weighted by atomic mass is 16.5. The summed E-state index contributed by atoms with van der Waals surface area (Å²) in [5.74, 6) is 0.731. The molecule has 1 fully saturated rings. The number of aliphatic imine (C=N–C) groups is 1. The number of nitrogens with zero attached hydrogens (tertiary/aromatic N) is 2. The van der Waals surface area contributed by atoms with Gasteiger partial charge in [-0.25, -0.2) is 0 Å². The quantitative estimate of drug-likeness (QED) is 0.361. The number of aliphatic hydroxyl groups excluding tert-OH is 1. The number of aryl methyl sites for hydroxylation is 2. The van der Waals surface area contributed by atoms with Crippen molar-refractivity contribution in [3.05, 3.63) is 64.2 Å². The molecule has 2 aromatic rings. The average molecular weight is 435 g/mol. The topological polar surface area (TPSA) is 92.8 Å². The number of carbonyl (C=O) groups excluding carboxylic acids is 2. The second-order valence-electron chi connectivity index (χ2n) is 8.65. The molecule has 1 unspecified atom stereocenters. The van der Waals surface area contributed by atoms with Gasteiger partial charge in [-0.15, -0.1) is 0 Å². The Labute approximate surface area is 188 Å². The lowest BCUT2D eigenvalue weighted by Gasteiger charge is -2.26. The summed E-state index contributed by atoms with van der Waals surface area (Å²) < 4.78 is 5.35. The molecule has 0 radical (unpaired) electrons. The first kappa shape index (κ1) is 22.2. The SMILES string of the molecule is CCCCN=C1CC(c2ccccc2)CC(=O)/C1=C(/O)CCc1noc2c1C(=O)CCC2. The lowest BCUT2D eigenvalue weighted by atomic mass is 9.78. The number of hydrogen-bond acceptors (Lipinski definition) is 6. The van der Waals surface area contributed by atoms with Crippen molar-refractivity contribution in [2.24, 2.45) is 4.99 Å². The maximum Gasteiger partial charge on any atom is 0.168 e. The van der Waals surface area contributed by atoms with Gasteiger partial charge in [0.1, 0.15) is 11.5 Å². The molecule has 0 aliphatic heterocycles. The zero-order valence-corrected chi connectivity index (χ0v) is 18.6. The Kier molecular flexibility index (Phi) is 6.98. The van der Waals surface area contributed by atoms with Crippen LogP contribution in [0.1, 0.15) is 85.2 Å². The highest BCUT2D eigenvalue weighted by molar-refractivity contribution is 6.24. The van der Waals surface area contributed by atoms with Crippen molar-refractivity contribution in [1.29, 1.82) is 0 Å². The number of rotatable bonds is 7. The zero-order chi connectivity index (χ0) is 22.5. The highest BCUT2D eigenvalue weighted by Gasteiger charge is 2.33. The molecule has 6 nitrogen and oxygen atoms in total. The summed E-state index contributed by atoms with van der Waals surface area (Å²) in [5, 5.41) is 15.0. The van der Waals surface area contributed by atoms with Crippen LogP contribution in [0.25, 0.3) is 0 Å². The second-order valence-corrected chi connectivity index (χ2v) is 8.65. The lowest BCUT2D eigenvalue weighted by Crippen LogP contribution is -2.27. The number of hydrogen-bond donors (Lipinski definition) is 1. The predicted molar refractivity (Wildman–Crippen MR) is 122 cm³/mol. The summed E-state index contributed by atoms with van der Waals surface area (Å²) >= 11 is 0. The highest BCUT2D eigenvalue weighted by Crippen LogP contribution is 2.34. The van der Waals surface area contributed by atoms with E-state index in [0.717, 1.165) is 31.2 Å². The van der Waals surface area contributed by atoms with Gasteiger partial charge in [0.15, 0.2) is 11.6 Å². The molecule has 1 aromatic heterocycles. The maximum absolute atomic E-state index is 13.1. The van der Waals surface area contributed by atoms with E-state index in [1.165, 1.54) is 0 Å². The fraction of sp³-hybridized carbons (Fsp3) is 0.462. The average Bonchev–Trinajstić information content (AvgIpc) is 3.22. The summed E-state index contributed by atoms with van der Waals surface area (Å²) in [4.78, 5) is 30.1. The molecule has 0 amide bonds. The van der Waals surface area contributed by atoms with Crippen molar-refractivity contribution in [2.45, 2.75) is 70.6 Å². The first-order valence-corrected chi connectivity index (χ1v) is 11.6. The molecule has 0 spiro atoms. The summed E-state index contributed by atoms with van der Waals surface area (Å²) in [6.45, 7) is 2.75. The Bertz CT molecular complexity index is 1050. The van der Waals surface area contributed by atoms with Gasteiger partial charge in [0.2, 0.25) is 0 Å². The van der Waals surface area contributed by atoms with E-state index in [2.05, 4.69) is 12.1 Å². The summed E-state index contributed by atoms with van der Waals surface area (Å²) in [6.07, 6.45) is 5.54. The molecule has 168 valence electrons.